The van der Waals surface area contributed by atoms with Gasteiger partial charge >= 0.3 is 0 Å². The molecule has 0 aromatic heterocycles. The van der Waals surface area contributed by atoms with Gasteiger partial charge in [0, 0.05) is 36.8 Å². The second kappa shape index (κ2) is 16.2. The lowest BCUT2D eigenvalue weighted by molar-refractivity contribution is 0.0830. The molecule has 2 amide bonds. The van der Waals surface area contributed by atoms with Gasteiger partial charge in [0.25, 0.3) is 11.8 Å². The van der Waals surface area contributed by atoms with E-state index in [4.69, 9.17) is 4.74 Å². The number of amides is 2. The Kier molecular flexibility index (Phi) is 12.1. The van der Waals surface area contributed by atoms with Gasteiger partial charge in [-0.25, -0.2) is 8.42 Å². The molecule has 0 saturated heterocycles. The van der Waals surface area contributed by atoms with Crippen LogP contribution in [0.1, 0.15) is 50.4 Å². The number of nitrogens with one attached hydrogen (secondary N) is 3. The Balaban J connectivity index is 1.58. The second-order valence-corrected chi connectivity index (χ2v) is 13.4. The van der Waals surface area contributed by atoms with E-state index < -0.39 is 34.0 Å². The van der Waals surface area contributed by atoms with Crippen molar-refractivity contribution in [2.75, 3.05) is 31.3 Å². The molecule has 0 fully saturated rings. The van der Waals surface area contributed by atoms with Gasteiger partial charge in [0.15, 0.2) is 0 Å². The van der Waals surface area contributed by atoms with E-state index in [9.17, 15) is 23.1 Å². The standard InChI is InChI=1S/C36H42N4O6S/c1-25(27-15-9-6-10-16-27)38-35(42)29-20-30(22-31(21-29)40(2)47(4,44)45)36(43)39-32(19-26-13-7-5-8-14-26)33(41)24-37-23-28-17-11-12-18-34(28)46-3/h5-18,20-22,25,32-33,37,41H,19,23-24H2,1-4H3,(H,38,42)(H,39,43). The lowest BCUT2D eigenvalue weighted by Crippen LogP contribution is -2.48. The Morgan fingerprint density at radius 3 is 2.04 bits per heavy atom. The summed E-state index contributed by atoms with van der Waals surface area (Å²) in [4.78, 5) is 27.2. The summed E-state index contributed by atoms with van der Waals surface area (Å²) >= 11 is 0. The van der Waals surface area contributed by atoms with Gasteiger partial charge in [-0.05, 0) is 48.7 Å². The molecule has 3 unspecified atom stereocenters. The molecule has 47 heavy (non-hydrogen) atoms. The number of ether oxygens (including phenoxy) is 1. The van der Waals surface area contributed by atoms with Gasteiger partial charge in [0.05, 0.1) is 37.2 Å². The van der Waals surface area contributed by atoms with Gasteiger partial charge in [0.2, 0.25) is 10.0 Å². The molecule has 0 radical (unpaired) electrons. The number of anilines is 1. The van der Waals surface area contributed by atoms with Crippen LogP contribution in [-0.4, -0.2) is 64.4 Å². The number of sulfonamides is 1. The first-order valence-electron chi connectivity index (χ1n) is 15.3. The van der Waals surface area contributed by atoms with Crippen LogP contribution in [0.15, 0.2) is 103 Å². The molecule has 3 atom stereocenters. The van der Waals surface area contributed by atoms with E-state index in [0.29, 0.717) is 13.0 Å². The molecule has 4 aromatic carbocycles. The molecule has 4 aromatic rings. The average Bonchev–Trinajstić information content (AvgIpc) is 3.07. The minimum Gasteiger partial charge on any atom is -0.496 e. The predicted molar refractivity (Wildman–Crippen MR) is 184 cm³/mol. The number of hydrogen-bond donors (Lipinski definition) is 4. The normalized spacial score (nSPS) is 13.2. The van der Waals surface area contributed by atoms with Crippen molar-refractivity contribution in [3.63, 3.8) is 0 Å². The van der Waals surface area contributed by atoms with Crippen LogP contribution in [0.5, 0.6) is 5.75 Å². The van der Waals surface area contributed by atoms with Gasteiger partial charge in [0.1, 0.15) is 5.75 Å². The van der Waals surface area contributed by atoms with E-state index in [1.165, 1.54) is 25.2 Å². The number of rotatable bonds is 15. The van der Waals surface area contributed by atoms with Crippen molar-refractivity contribution in [2.24, 2.45) is 0 Å². The first kappa shape index (κ1) is 35.1. The van der Waals surface area contributed by atoms with E-state index in [2.05, 4.69) is 16.0 Å². The fourth-order valence-corrected chi connectivity index (χ4v) is 5.59. The number of benzene rings is 4. The van der Waals surface area contributed by atoms with E-state index in [0.717, 1.165) is 33.0 Å². The van der Waals surface area contributed by atoms with Gasteiger partial charge in [-0.3, -0.25) is 13.9 Å². The van der Waals surface area contributed by atoms with Crippen LogP contribution in [0.3, 0.4) is 0 Å². The molecule has 248 valence electrons. The molecule has 10 nitrogen and oxygen atoms in total. The maximum atomic E-state index is 13.8. The number of aliphatic hydroxyl groups excluding tert-OH is 1. The topological polar surface area (TPSA) is 137 Å². The Morgan fingerprint density at radius 2 is 1.43 bits per heavy atom. The van der Waals surface area contributed by atoms with Gasteiger partial charge in [-0.2, -0.15) is 0 Å². The molecule has 0 heterocycles. The maximum absolute atomic E-state index is 13.8. The van der Waals surface area contributed by atoms with E-state index in [1.54, 1.807) is 7.11 Å². The first-order chi connectivity index (χ1) is 22.5. The second-order valence-electron chi connectivity index (χ2n) is 11.4. The fourth-order valence-electron chi connectivity index (χ4n) is 5.10. The maximum Gasteiger partial charge on any atom is 0.251 e. The Morgan fingerprint density at radius 1 is 0.851 bits per heavy atom. The van der Waals surface area contributed by atoms with Crippen LogP contribution < -0.4 is 25.0 Å². The summed E-state index contributed by atoms with van der Waals surface area (Å²) in [6.45, 7) is 2.44. The largest absolute Gasteiger partial charge is 0.496 e. The first-order valence-corrected chi connectivity index (χ1v) is 17.1. The van der Waals surface area contributed by atoms with Crippen molar-refractivity contribution in [1.29, 1.82) is 0 Å². The summed E-state index contributed by atoms with van der Waals surface area (Å²) in [6, 6.07) is 29.7. The molecule has 0 aliphatic carbocycles. The van der Waals surface area contributed by atoms with Crippen LogP contribution in [0.25, 0.3) is 0 Å². The third-order valence-corrected chi connectivity index (χ3v) is 9.10. The number of aliphatic hydroxyl groups is 1. The monoisotopic (exact) mass is 658 g/mol. The van der Waals surface area contributed by atoms with Crippen LogP contribution in [0.4, 0.5) is 5.69 Å². The van der Waals surface area contributed by atoms with Crippen LogP contribution in [-0.2, 0) is 23.0 Å². The third kappa shape index (κ3) is 9.89. The lowest BCUT2D eigenvalue weighted by atomic mass is 9.99. The molecule has 4 N–H and O–H groups in total. The van der Waals surface area contributed by atoms with Crippen molar-refractivity contribution >= 4 is 27.5 Å². The number of hydrogen-bond acceptors (Lipinski definition) is 7. The SMILES string of the molecule is COc1ccccc1CNCC(O)C(Cc1ccccc1)NC(=O)c1cc(C(=O)NC(C)c2ccccc2)cc(N(C)S(C)(=O)=O)c1. The molecule has 0 aliphatic rings. The Hall–Kier alpha value is -4.71. The Bertz CT molecular complexity index is 1750. The van der Waals surface area contributed by atoms with Gasteiger partial charge in [-0.15, -0.1) is 0 Å². The summed E-state index contributed by atoms with van der Waals surface area (Å²) in [6.07, 6.45) is 0.376. The van der Waals surface area contributed by atoms with Gasteiger partial charge in [-0.1, -0.05) is 78.9 Å². The van der Waals surface area contributed by atoms with E-state index in [-0.39, 0.29) is 29.4 Å². The summed E-state index contributed by atoms with van der Waals surface area (Å²) in [5, 5.41) is 20.4. The Labute approximate surface area is 276 Å². The summed E-state index contributed by atoms with van der Waals surface area (Å²) in [7, 11) is -0.755. The van der Waals surface area contributed by atoms with E-state index >= 15 is 0 Å². The molecule has 4 rings (SSSR count). The van der Waals surface area contributed by atoms with E-state index in [1.807, 2.05) is 91.9 Å². The zero-order chi connectivity index (χ0) is 34.0. The molecule has 0 saturated carbocycles. The average molecular weight is 659 g/mol. The molecular formula is C36H42N4O6S. The molecular weight excluding hydrogens is 616 g/mol. The zero-order valence-corrected chi connectivity index (χ0v) is 27.8. The molecule has 0 spiro atoms. The highest BCUT2D eigenvalue weighted by molar-refractivity contribution is 7.92. The highest BCUT2D eigenvalue weighted by Gasteiger charge is 2.25. The van der Waals surface area contributed by atoms with Crippen molar-refractivity contribution < 1.29 is 27.9 Å². The number of carbonyl (C=O) groups excluding carboxylic acids is 2. The highest BCUT2D eigenvalue weighted by atomic mass is 32.2. The van der Waals surface area contributed by atoms with Crippen LogP contribution in [0, 0.1) is 0 Å². The zero-order valence-electron chi connectivity index (χ0n) is 27.0. The smallest absolute Gasteiger partial charge is 0.251 e. The number of carbonyl (C=O) groups is 2. The molecule has 0 bridgehead atoms. The number of methoxy groups -OCH3 is 1. The summed E-state index contributed by atoms with van der Waals surface area (Å²) < 4.78 is 31.3. The van der Waals surface area contributed by atoms with Crippen LogP contribution in [0.2, 0.25) is 0 Å². The third-order valence-electron chi connectivity index (χ3n) is 7.89. The summed E-state index contributed by atoms with van der Waals surface area (Å²) in [5.74, 6) is -0.315. The molecule has 0 aliphatic heterocycles. The van der Waals surface area contributed by atoms with Gasteiger partial charge < -0.3 is 25.8 Å². The predicted octanol–water partition coefficient (Wildman–Crippen LogP) is 4.07. The van der Waals surface area contributed by atoms with Crippen LogP contribution >= 0.6 is 0 Å². The summed E-state index contributed by atoms with van der Waals surface area (Å²) in [5.41, 5.74) is 3.05. The lowest BCUT2D eigenvalue weighted by Gasteiger charge is -2.26. The highest BCUT2D eigenvalue weighted by Crippen LogP contribution is 2.23. The van der Waals surface area contributed by atoms with Crippen molar-refractivity contribution in [1.82, 2.24) is 16.0 Å². The van der Waals surface area contributed by atoms with Crippen molar-refractivity contribution in [3.05, 3.63) is 131 Å². The van der Waals surface area contributed by atoms with Crippen molar-refractivity contribution in [2.45, 2.75) is 38.1 Å². The fraction of sp³-hybridized carbons (Fsp3) is 0.278. The minimum atomic E-state index is -3.71. The number of nitrogens with zero attached hydrogens (tertiary/aromatic N) is 1. The number of para-hydroxylation sites is 1. The minimum absolute atomic E-state index is 0.0720. The quantitative estimate of drug-likeness (QED) is 0.151. The molecule has 11 heteroatoms. The van der Waals surface area contributed by atoms with Crippen molar-refractivity contribution in [3.8, 4) is 5.75 Å².